The first-order chi connectivity index (χ1) is 14.4. The Morgan fingerprint density at radius 2 is 1.90 bits per heavy atom. The normalized spacial score (nSPS) is 10.7. The summed E-state index contributed by atoms with van der Waals surface area (Å²) < 4.78 is 35.0. The van der Waals surface area contributed by atoms with Crippen LogP contribution in [0.25, 0.3) is 0 Å². The highest BCUT2D eigenvalue weighted by atomic mass is 19.3. The number of carbonyl (C=O) groups is 1. The summed E-state index contributed by atoms with van der Waals surface area (Å²) in [5.74, 6) is 0.0673. The van der Waals surface area contributed by atoms with Crippen LogP contribution in [0.3, 0.4) is 0 Å². The van der Waals surface area contributed by atoms with Gasteiger partial charge in [-0.2, -0.15) is 14.0 Å². The quantitative estimate of drug-likeness (QED) is 0.552. The minimum Gasteiger partial charge on any atom is -0.490 e. The van der Waals surface area contributed by atoms with E-state index in [4.69, 9.17) is 10.00 Å². The van der Waals surface area contributed by atoms with Gasteiger partial charge in [0.1, 0.15) is 0 Å². The van der Waals surface area contributed by atoms with E-state index >= 15 is 0 Å². The molecule has 160 valence electrons. The minimum absolute atomic E-state index is 0.0268. The fraction of sp³-hybridized carbons (Fsp3) is 0.364. The molecule has 0 aliphatic heterocycles. The Bertz CT molecular complexity index is 856. The molecule has 2 aromatic rings. The number of hydrogen-bond donors (Lipinski definition) is 0. The highest BCUT2D eigenvalue weighted by Crippen LogP contribution is 2.30. The summed E-state index contributed by atoms with van der Waals surface area (Å²) in [6.07, 6.45) is 0.230. The fourth-order valence-corrected chi connectivity index (χ4v) is 2.96. The van der Waals surface area contributed by atoms with Gasteiger partial charge in [0.2, 0.25) is 5.91 Å². The van der Waals surface area contributed by atoms with E-state index in [1.807, 2.05) is 35.2 Å². The first kappa shape index (κ1) is 23.1. The molecule has 0 aromatic heterocycles. The molecule has 0 saturated carbocycles. The van der Waals surface area contributed by atoms with Gasteiger partial charge in [-0.1, -0.05) is 24.3 Å². The van der Waals surface area contributed by atoms with Gasteiger partial charge in [-0.15, -0.1) is 0 Å². The molecule has 0 spiro atoms. The Morgan fingerprint density at radius 1 is 1.17 bits per heavy atom. The van der Waals surface area contributed by atoms with Crippen molar-refractivity contribution in [2.45, 2.75) is 26.5 Å². The number of para-hydroxylation sites is 1. The standard InChI is InChI=1S/C22H25F2N3O3/c1-3-29-20-14-17(10-11-19(20)30-22(23)24)15-26(2)16-21(28)27(13-7-12-25)18-8-5-4-6-9-18/h4-6,8-11,14,22H,3,7,13,15-16H2,1-2H3. The van der Waals surface area contributed by atoms with Crippen molar-refractivity contribution in [3.05, 3.63) is 54.1 Å². The zero-order valence-corrected chi connectivity index (χ0v) is 17.1. The van der Waals surface area contributed by atoms with Crippen LogP contribution in [-0.4, -0.2) is 44.2 Å². The van der Waals surface area contributed by atoms with Crippen LogP contribution in [0.2, 0.25) is 0 Å². The van der Waals surface area contributed by atoms with E-state index in [1.54, 1.807) is 31.0 Å². The lowest BCUT2D eigenvalue weighted by Gasteiger charge is -2.25. The molecule has 6 nitrogen and oxygen atoms in total. The number of nitrogens with zero attached hydrogens (tertiary/aromatic N) is 3. The molecule has 0 atom stereocenters. The van der Waals surface area contributed by atoms with Gasteiger partial charge >= 0.3 is 6.61 Å². The van der Waals surface area contributed by atoms with Gasteiger partial charge in [0.25, 0.3) is 0 Å². The molecule has 2 aromatic carbocycles. The maximum absolute atomic E-state index is 12.8. The third-order valence-electron chi connectivity index (χ3n) is 4.20. The zero-order valence-electron chi connectivity index (χ0n) is 17.1. The largest absolute Gasteiger partial charge is 0.490 e. The summed E-state index contributed by atoms with van der Waals surface area (Å²) in [7, 11) is 1.79. The molecule has 0 fully saturated rings. The molecular weight excluding hydrogens is 392 g/mol. The smallest absolute Gasteiger partial charge is 0.387 e. The predicted octanol–water partition coefficient (Wildman–Crippen LogP) is 4.07. The van der Waals surface area contributed by atoms with Crippen LogP contribution in [0, 0.1) is 11.3 Å². The third-order valence-corrected chi connectivity index (χ3v) is 4.20. The molecule has 0 unspecified atom stereocenters. The topological polar surface area (TPSA) is 65.8 Å². The number of likely N-dealkylation sites (N-methyl/N-ethyl adjacent to an activating group) is 1. The number of rotatable bonds is 11. The van der Waals surface area contributed by atoms with Gasteiger partial charge in [-0.25, -0.2) is 0 Å². The molecule has 0 N–H and O–H groups in total. The molecule has 0 bridgehead atoms. The Hall–Kier alpha value is -3.18. The summed E-state index contributed by atoms with van der Waals surface area (Å²) in [5, 5.41) is 8.90. The molecule has 0 radical (unpaired) electrons. The number of benzene rings is 2. The fourth-order valence-electron chi connectivity index (χ4n) is 2.96. The number of nitriles is 1. The lowest BCUT2D eigenvalue weighted by molar-refractivity contribution is -0.119. The Balaban J connectivity index is 2.07. The number of ether oxygens (including phenoxy) is 2. The van der Waals surface area contributed by atoms with Crippen LogP contribution < -0.4 is 14.4 Å². The number of alkyl halides is 2. The minimum atomic E-state index is -2.94. The first-order valence-electron chi connectivity index (χ1n) is 9.56. The van der Waals surface area contributed by atoms with E-state index in [0.717, 1.165) is 11.3 Å². The van der Waals surface area contributed by atoms with E-state index in [9.17, 15) is 13.6 Å². The SMILES string of the molecule is CCOc1cc(CN(C)CC(=O)N(CCC#N)c2ccccc2)ccc1OC(F)F. The second kappa shape index (κ2) is 11.7. The van der Waals surface area contributed by atoms with Gasteiger partial charge in [-0.05, 0) is 43.8 Å². The first-order valence-corrected chi connectivity index (χ1v) is 9.56. The number of anilines is 1. The summed E-state index contributed by atoms with van der Waals surface area (Å²) in [5.41, 5.74) is 1.52. The highest BCUT2D eigenvalue weighted by molar-refractivity contribution is 5.94. The predicted molar refractivity (Wildman–Crippen MR) is 110 cm³/mol. The number of halogens is 2. The number of hydrogen-bond acceptors (Lipinski definition) is 5. The summed E-state index contributed by atoms with van der Waals surface area (Å²) in [6.45, 7) is -0.0406. The van der Waals surface area contributed by atoms with Crippen LogP contribution in [0.5, 0.6) is 11.5 Å². The molecular formula is C22H25F2N3O3. The van der Waals surface area contributed by atoms with Crippen molar-refractivity contribution < 1.29 is 23.0 Å². The van der Waals surface area contributed by atoms with Crippen molar-refractivity contribution in [3.8, 4) is 17.6 Å². The maximum Gasteiger partial charge on any atom is 0.387 e. The molecule has 2 rings (SSSR count). The Labute approximate surface area is 175 Å². The number of amides is 1. The van der Waals surface area contributed by atoms with Gasteiger partial charge in [0.15, 0.2) is 11.5 Å². The molecule has 0 aliphatic rings. The summed E-state index contributed by atoms with van der Waals surface area (Å²) in [6, 6.07) is 16.0. The maximum atomic E-state index is 12.8. The van der Waals surface area contributed by atoms with Crippen LogP contribution in [0.15, 0.2) is 48.5 Å². The van der Waals surface area contributed by atoms with Crippen molar-refractivity contribution >= 4 is 11.6 Å². The van der Waals surface area contributed by atoms with Gasteiger partial charge in [-0.3, -0.25) is 9.69 Å². The van der Waals surface area contributed by atoms with Crippen LogP contribution in [0.4, 0.5) is 14.5 Å². The second-order valence-electron chi connectivity index (χ2n) is 6.55. The second-order valence-corrected chi connectivity index (χ2v) is 6.55. The summed E-state index contributed by atoms with van der Waals surface area (Å²) in [4.78, 5) is 16.2. The molecule has 0 aliphatic carbocycles. The van der Waals surface area contributed by atoms with Crippen molar-refractivity contribution in [2.75, 3.05) is 31.6 Å². The monoisotopic (exact) mass is 417 g/mol. The molecule has 0 saturated heterocycles. The Kier molecular flexibility index (Phi) is 9.03. The van der Waals surface area contributed by atoms with E-state index in [-0.39, 0.29) is 30.4 Å². The lowest BCUT2D eigenvalue weighted by atomic mass is 10.2. The molecule has 0 heterocycles. The molecule has 8 heteroatoms. The van der Waals surface area contributed by atoms with E-state index in [0.29, 0.717) is 19.7 Å². The highest BCUT2D eigenvalue weighted by Gasteiger charge is 2.18. The van der Waals surface area contributed by atoms with Crippen molar-refractivity contribution in [1.29, 1.82) is 5.26 Å². The van der Waals surface area contributed by atoms with Gasteiger partial charge in [0.05, 0.1) is 25.6 Å². The van der Waals surface area contributed by atoms with E-state index < -0.39 is 6.61 Å². The van der Waals surface area contributed by atoms with Crippen molar-refractivity contribution in [1.82, 2.24) is 4.90 Å². The average molecular weight is 417 g/mol. The molecule has 1 amide bonds. The van der Waals surface area contributed by atoms with E-state index in [2.05, 4.69) is 10.8 Å². The van der Waals surface area contributed by atoms with Crippen molar-refractivity contribution in [2.24, 2.45) is 0 Å². The average Bonchev–Trinajstić information content (AvgIpc) is 2.71. The summed E-state index contributed by atoms with van der Waals surface area (Å²) >= 11 is 0. The van der Waals surface area contributed by atoms with E-state index in [1.165, 1.54) is 6.07 Å². The molecule has 30 heavy (non-hydrogen) atoms. The third kappa shape index (κ3) is 7.01. The lowest BCUT2D eigenvalue weighted by Crippen LogP contribution is -2.39. The van der Waals surface area contributed by atoms with Gasteiger partial charge in [0, 0.05) is 18.8 Å². The zero-order chi connectivity index (χ0) is 21.9. The van der Waals surface area contributed by atoms with Crippen molar-refractivity contribution in [3.63, 3.8) is 0 Å². The Morgan fingerprint density at radius 3 is 2.53 bits per heavy atom. The number of carbonyl (C=O) groups excluding carboxylic acids is 1. The van der Waals surface area contributed by atoms with Crippen LogP contribution in [0.1, 0.15) is 18.9 Å². The van der Waals surface area contributed by atoms with Gasteiger partial charge < -0.3 is 14.4 Å². The van der Waals surface area contributed by atoms with Crippen LogP contribution in [-0.2, 0) is 11.3 Å². The van der Waals surface area contributed by atoms with Crippen LogP contribution >= 0.6 is 0 Å².